The fourth-order valence-corrected chi connectivity index (χ4v) is 5.61. The third kappa shape index (κ3) is 4.39. The van der Waals surface area contributed by atoms with E-state index in [1.165, 1.54) is 18.5 Å². The van der Waals surface area contributed by atoms with Crippen LogP contribution in [0.2, 0.25) is 0 Å². The van der Waals surface area contributed by atoms with Crippen LogP contribution in [0.1, 0.15) is 12.8 Å². The predicted octanol–water partition coefficient (Wildman–Crippen LogP) is 3.29. The van der Waals surface area contributed by atoms with Crippen molar-refractivity contribution in [3.8, 4) is 11.5 Å². The zero-order chi connectivity index (χ0) is 22.7. The van der Waals surface area contributed by atoms with Gasteiger partial charge in [-0.1, -0.05) is 18.2 Å². The molecule has 1 aliphatic heterocycles. The van der Waals surface area contributed by atoms with Crippen molar-refractivity contribution in [2.24, 2.45) is 5.92 Å². The van der Waals surface area contributed by atoms with Crippen LogP contribution in [-0.4, -0.2) is 50.9 Å². The number of hydrogen-bond acceptors (Lipinski definition) is 6. The molecule has 1 saturated heterocycles. The van der Waals surface area contributed by atoms with E-state index in [1.807, 2.05) is 12.1 Å². The van der Waals surface area contributed by atoms with Gasteiger partial charge in [-0.15, -0.1) is 0 Å². The number of aromatic nitrogens is 1. The first-order valence-electron chi connectivity index (χ1n) is 10.3. The van der Waals surface area contributed by atoms with Gasteiger partial charge in [-0.05, 0) is 25.0 Å². The van der Waals surface area contributed by atoms with Crippen LogP contribution in [0.25, 0.3) is 10.9 Å². The van der Waals surface area contributed by atoms with Gasteiger partial charge in [0, 0.05) is 48.6 Å². The summed E-state index contributed by atoms with van der Waals surface area (Å²) < 4.78 is 38.7. The highest BCUT2D eigenvalue weighted by molar-refractivity contribution is 7.89. The Labute approximate surface area is 187 Å². The molecule has 1 aliphatic rings. The zero-order valence-corrected chi connectivity index (χ0v) is 18.8. The number of anilines is 1. The maximum absolute atomic E-state index is 13.4. The molecule has 8 nitrogen and oxygen atoms in total. The Balaban J connectivity index is 1.55. The molecule has 1 atom stereocenters. The van der Waals surface area contributed by atoms with Gasteiger partial charge >= 0.3 is 0 Å². The van der Waals surface area contributed by atoms with Crippen LogP contribution in [0.5, 0.6) is 11.5 Å². The quantitative estimate of drug-likeness (QED) is 0.613. The molecule has 1 aromatic heterocycles. The van der Waals surface area contributed by atoms with Gasteiger partial charge in [0.1, 0.15) is 16.4 Å². The van der Waals surface area contributed by atoms with Crippen LogP contribution in [0, 0.1) is 5.92 Å². The Bertz CT molecular complexity index is 1220. The van der Waals surface area contributed by atoms with E-state index in [-0.39, 0.29) is 17.3 Å². The van der Waals surface area contributed by atoms with Gasteiger partial charge in [0.2, 0.25) is 15.9 Å². The number of carbonyl (C=O) groups is 1. The van der Waals surface area contributed by atoms with Crippen LogP contribution in [-0.2, 0) is 14.8 Å². The highest BCUT2D eigenvalue weighted by Gasteiger charge is 2.34. The molecule has 1 fully saturated rings. The van der Waals surface area contributed by atoms with Gasteiger partial charge in [-0.3, -0.25) is 9.78 Å². The molecule has 2 aromatic carbocycles. The lowest BCUT2D eigenvalue weighted by molar-refractivity contribution is -0.120. The third-order valence-corrected chi connectivity index (χ3v) is 7.48. The summed E-state index contributed by atoms with van der Waals surface area (Å²) in [5.74, 6) is 0.391. The number of nitrogens with one attached hydrogen (secondary N) is 1. The number of piperidine rings is 1. The van der Waals surface area contributed by atoms with Crippen LogP contribution in [0.15, 0.2) is 59.6 Å². The number of pyridine rings is 1. The van der Waals surface area contributed by atoms with Crippen molar-refractivity contribution in [1.82, 2.24) is 9.29 Å². The number of ether oxygens (including phenoxy) is 2. The lowest BCUT2D eigenvalue weighted by Crippen LogP contribution is -2.43. The number of benzene rings is 2. The second-order valence-corrected chi connectivity index (χ2v) is 9.53. The standard InChI is InChI=1S/C23H25N3O5S/c1-30-19-12-18(13-20(14-19)31-2)25-23(27)17-8-5-11-26(15-17)32(28,29)21-9-3-6-16-7-4-10-24-22(16)21/h3-4,6-7,9-10,12-14,17H,5,8,11,15H2,1-2H3,(H,25,27). The fourth-order valence-electron chi connectivity index (χ4n) is 3.92. The largest absolute Gasteiger partial charge is 0.497 e. The first-order chi connectivity index (χ1) is 15.4. The molecular weight excluding hydrogens is 430 g/mol. The molecule has 1 amide bonds. The van der Waals surface area contributed by atoms with Crippen molar-refractivity contribution in [3.05, 3.63) is 54.7 Å². The highest BCUT2D eigenvalue weighted by Crippen LogP contribution is 2.30. The Morgan fingerprint density at radius 2 is 1.81 bits per heavy atom. The van der Waals surface area contributed by atoms with E-state index < -0.39 is 15.9 Å². The molecule has 1 unspecified atom stereocenters. The van der Waals surface area contributed by atoms with Crippen molar-refractivity contribution in [3.63, 3.8) is 0 Å². The number of nitrogens with zero attached hydrogens (tertiary/aromatic N) is 2. The molecule has 0 aliphatic carbocycles. The molecule has 3 aromatic rings. The summed E-state index contributed by atoms with van der Waals surface area (Å²) >= 11 is 0. The Morgan fingerprint density at radius 1 is 1.09 bits per heavy atom. The van der Waals surface area contributed by atoms with Crippen molar-refractivity contribution in [2.75, 3.05) is 32.6 Å². The SMILES string of the molecule is COc1cc(NC(=O)C2CCCN(S(=O)(=O)c3cccc4cccnc34)C2)cc(OC)c1. The van der Waals surface area contributed by atoms with Crippen LogP contribution in [0.3, 0.4) is 0 Å². The van der Waals surface area contributed by atoms with E-state index in [1.54, 1.807) is 42.6 Å². The number of rotatable bonds is 6. The molecule has 0 radical (unpaired) electrons. The number of amides is 1. The van der Waals surface area contributed by atoms with E-state index in [0.29, 0.717) is 42.1 Å². The molecule has 32 heavy (non-hydrogen) atoms. The number of fused-ring (bicyclic) bond motifs is 1. The van der Waals surface area contributed by atoms with Crippen LogP contribution in [0.4, 0.5) is 5.69 Å². The van der Waals surface area contributed by atoms with E-state index >= 15 is 0 Å². The smallest absolute Gasteiger partial charge is 0.245 e. The monoisotopic (exact) mass is 455 g/mol. The second kappa shape index (κ2) is 9.13. The van der Waals surface area contributed by atoms with Crippen LogP contribution >= 0.6 is 0 Å². The third-order valence-electron chi connectivity index (χ3n) is 5.59. The number of carbonyl (C=O) groups excluding carboxylic acids is 1. The summed E-state index contributed by atoms with van der Waals surface area (Å²) in [6.07, 6.45) is 2.78. The summed E-state index contributed by atoms with van der Waals surface area (Å²) in [6.45, 7) is 0.473. The average molecular weight is 456 g/mol. The fraction of sp³-hybridized carbons (Fsp3) is 0.304. The molecule has 0 saturated carbocycles. The minimum absolute atomic E-state index is 0.110. The molecule has 0 spiro atoms. The van der Waals surface area contributed by atoms with Crippen molar-refractivity contribution < 1.29 is 22.7 Å². The van der Waals surface area contributed by atoms with E-state index in [9.17, 15) is 13.2 Å². The minimum atomic E-state index is -3.80. The maximum Gasteiger partial charge on any atom is 0.245 e. The van der Waals surface area contributed by atoms with Crippen molar-refractivity contribution in [2.45, 2.75) is 17.7 Å². The molecule has 2 heterocycles. The summed E-state index contributed by atoms with van der Waals surface area (Å²) in [4.78, 5) is 17.4. The lowest BCUT2D eigenvalue weighted by atomic mass is 9.98. The van der Waals surface area contributed by atoms with Gasteiger partial charge in [-0.2, -0.15) is 4.31 Å². The van der Waals surface area contributed by atoms with Gasteiger partial charge in [-0.25, -0.2) is 8.42 Å². The van der Waals surface area contributed by atoms with Gasteiger partial charge < -0.3 is 14.8 Å². The molecule has 9 heteroatoms. The predicted molar refractivity (Wildman–Crippen MR) is 121 cm³/mol. The van der Waals surface area contributed by atoms with Gasteiger partial charge in [0.25, 0.3) is 0 Å². The number of sulfonamides is 1. The molecular formula is C23H25N3O5S. The summed E-state index contributed by atoms with van der Waals surface area (Å²) in [5, 5.41) is 3.63. The number of methoxy groups -OCH3 is 2. The minimum Gasteiger partial charge on any atom is -0.497 e. The van der Waals surface area contributed by atoms with Gasteiger partial charge in [0.15, 0.2) is 0 Å². The normalized spacial score (nSPS) is 17.1. The average Bonchev–Trinajstić information content (AvgIpc) is 2.83. The highest BCUT2D eigenvalue weighted by atomic mass is 32.2. The van der Waals surface area contributed by atoms with E-state index in [2.05, 4.69) is 10.3 Å². The number of hydrogen-bond donors (Lipinski definition) is 1. The first-order valence-corrected chi connectivity index (χ1v) is 11.7. The molecule has 4 rings (SSSR count). The maximum atomic E-state index is 13.4. The van der Waals surface area contributed by atoms with Crippen molar-refractivity contribution in [1.29, 1.82) is 0 Å². The Kier molecular flexibility index (Phi) is 6.29. The van der Waals surface area contributed by atoms with E-state index in [0.717, 1.165) is 5.39 Å². The summed E-state index contributed by atoms with van der Waals surface area (Å²) in [6, 6.07) is 13.8. The molecule has 1 N–H and O–H groups in total. The number of para-hydroxylation sites is 1. The topological polar surface area (TPSA) is 97.8 Å². The zero-order valence-electron chi connectivity index (χ0n) is 17.9. The summed E-state index contributed by atoms with van der Waals surface area (Å²) in [7, 11) is -0.730. The first kappa shape index (κ1) is 22.0. The molecule has 168 valence electrons. The van der Waals surface area contributed by atoms with Gasteiger partial charge in [0.05, 0.1) is 25.7 Å². The van der Waals surface area contributed by atoms with Crippen molar-refractivity contribution >= 4 is 32.5 Å². The molecule has 0 bridgehead atoms. The summed E-state index contributed by atoms with van der Waals surface area (Å²) in [5.41, 5.74) is 0.967. The Hall–Kier alpha value is -3.17. The van der Waals surface area contributed by atoms with E-state index in [4.69, 9.17) is 9.47 Å². The second-order valence-electron chi connectivity index (χ2n) is 7.62. The lowest BCUT2D eigenvalue weighted by Gasteiger charge is -2.31. The van der Waals surface area contributed by atoms with Crippen LogP contribution < -0.4 is 14.8 Å². The Morgan fingerprint density at radius 3 is 2.53 bits per heavy atom.